The van der Waals surface area contributed by atoms with Crippen molar-refractivity contribution >= 4 is 45.3 Å². The fourth-order valence-corrected chi connectivity index (χ4v) is 6.56. The number of anilines is 4. The van der Waals surface area contributed by atoms with Crippen LogP contribution in [0, 0.1) is 0 Å². The van der Waals surface area contributed by atoms with Gasteiger partial charge in [0.05, 0.1) is 0 Å². The number of nitrogens with zero attached hydrogens (tertiary/aromatic N) is 6. The fourth-order valence-electron chi connectivity index (χ4n) is 6.56. The molecule has 60 heavy (non-hydrogen) atoms. The first-order chi connectivity index (χ1) is 26.7. The predicted octanol–water partition coefficient (Wildman–Crippen LogP) is -0.893. The molecule has 7 nitrogen and oxygen atoms in total. The molecule has 312 valence electrons. The Morgan fingerprint density at radius 1 is 0.333 bits per heavy atom. The van der Waals surface area contributed by atoms with Gasteiger partial charge in [0, 0.05) is 103 Å². The summed E-state index contributed by atoms with van der Waals surface area (Å²) < 4.78 is 4.25. The molecule has 2 aliphatic rings. The first-order valence-electron chi connectivity index (χ1n) is 19.1. The minimum absolute atomic E-state index is 0. The second-order valence-corrected chi connectivity index (χ2v) is 15.4. The van der Waals surface area contributed by atoms with Crippen molar-refractivity contribution in [3.05, 3.63) is 179 Å². The molecule has 0 heterocycles. The molecule has 0 saturated carbocycles. The third kappa shape index (κ3) is 14.0. The molecule has 4 aromatic carbocycles. The maximum atomic E-state index is 2.21. The molecule has 2 N–H and O–H groups in total. The van der Waals surface area contributed by atoms with Gasteiger partial charge in [-0.05, 0) is 117 Å². The van der Waals surface area contributed by atoms with Crippen LogP contribution in [-0.2, 0) is 0 Å². The SMILES string of the molecule is CN(C)c1ccc(C(=C2C=CC(=[N+](C)C)C=C2)c2ccc(N(C)C)cc2)cc1.CN(C)c1ccc(C(=C2C=CC(=[N+](C)C)C=C2)c2ccc(N(C)C)cc2)cc1.O.[Cl-].[Cl-].[K+]. The largest absolute Gasteiger partial charge is 1.00 e. The summed E-state index contributed by atoms with van der Waals surface area (Å²) in [5, 5.41) is 0. The zero-order valence-electron chi connectivity index (χ0n) is 37.8. The molecule has 0 amide bonds. The number of benzene rings is 4. The normalized spacial score (nSPS) is 12.1. The Bertz CT molecular complexity index is 1950. The van der Waals surface area contributed by atoms with E-state index in [4.69, 9.17) is 0 Å². The van der Waals surface area contributed by atoms with Gasteiger partial charge in [0.2, 0.25) is 0 Å². The Hall–Kier alpha value is -3.96. The third-order valence-corrected chi connectivity index (χ3v) is 10.0. The summed E-state index contributed by atoms with van der Waals surface area (Å²) in [6, 6.07) is 35.1. The molecule has 10 heteroatoms. The van der Waals surface area contributed by atoms with Crippen molar-refractivity contribution in [2.75, 3.05) is 104 Å². The van der Waals surface area contributed by atoms with Crippen LogP contribution in [0.2, 0.25) is 0 Å². The summed E-state index contributed by atoms with van der Waals surface area (Å²) in [6.45, 7) is 0. The van der Waals surface area contributed by atoms with E-state index in [1.54, 1.807) is 0 Å². The number of halogens is 2. The third-order valence-electron chi connectivity index (χ3n) is 10.0. The quantitative estimate of drug-likeness (QED) is 0.171. The fraction of sp³-hybridized carbons (Fsp3) is 0.240. The molecule has 0 atom stereocenters. The van der Waals surface area contributed by atoms with Crippen LogP contribution in [0.3, 0.4) is 0 Å². The average molecular weight is 873 g/mol. The molecule has 0 fully saturated rings. The average Bonchev–Trinajstić information content (AvgIpc) is 3.19. The summed E-state index contributed by atoms with van der Waals surface area (Å²) in [4.78, 5) is 8.50. The maximum Gasteiger partial charge on any atom is 1.00 e. The summed E-state index contributed by atoms with van der Waals surface area (Å²) in [7, 11) is 24.8. The second-order valence-electron chi connectivity index (χ2n) is 15.4. The Morgan fingerprint density at radius 2 is 0.517 bits per heavy atom. The van der Waals surface area contributed by atoms with E-state index in [0.717, 1.165) is 0 Å². The van der Waals surface area contributed by atoms with Gasteiger partial charge < -0.3 is 49.9 Å². The second kappa shape index (κ2) is 25.1. The smallest absolute Gasteiger partial charge is 1.00 e. The van der Waals surface area contributed by atoms with Crippen LogP contribution in [0.1, 0.15) is 22.3 Å². The van der Waals surface area contributed by atoms with Crippen LogP contribution in [0.5, 0.6) is 0 Å². The Kier molecular flexibility index (Phi) is 22.6. The Morgan fingerprint density at radius 3 is 0.667 bits per heavy atom. The van der Waals surface area contributed by atoms with E-state index in [0.29, 0.717) is 0 Å². The van der Waals surface area contributed by atoms with Crippen molar-refractivity contribution in [1.82, 2.24) is 0 Å². The molecule has 0 aliphatic heterocycles. The van der Waals surface area contributed by atoms with Crippen LogP contribution < -0.4 is 95.8 Å². The molecular weight excluding hydrogens is 811 g/mol. The summed E-state index contributed by atoms with van der Waals surface area (Å²) in [5.41, 5.74) is 17.1. The van der Waals surface area contributed by atoms with Crippen LogP contribution in [0.4, 0.5) is 22.7 Å². The number of hydrogen-bond acceptors (Lipinski definition) is 4. The molecule has 4 aromatic rings. The van der Waals surface area contributed by atoms with Crippen molar-refractivity contribution in [3.8, 4) is 0 Å². The van der Waals surface area contributed by atoms with E-state index < -0.39 is 0 Å². The van der Waals surface area contributed by atoms with Gasteiger partial charge in [0.15, 0.2) is 11.4 Å². The van der Waals surface area contributed by atoms with Gasteiger partial charge in [-0.1, -0.05) is 48.5 Å². The number of rotatable bonds is 8. The molecule has 0 spiro atoms. The number of allylic oxidation sites excluding steroid dienone is 10. The molecule has 6 rings (SSSR count). The van der Waals surface area contributed by atoms with Crippen molar-refractivity contribution in [2.24, 2.45) is 0 Å². The zero-order chi connectivity index (χ0) is 40.5. The van der Waals surface area contributed by atoms with Gasteiger partial charge in [0.25, 0.3) is 0 Å². The Balaban J connectivity index is 0.000000562. The molecule has 2 aliphatic carbocycles. The molecule has 0 bridgehead atoms. The summed E-state index contributed by atoms with van der Waals surface area (Å²) in [6.07, 6.45) is 17.6. The first kappa shape index (κ1) is 54.1. The van der Waals surface area contributed by atoms with Crippen molar-refractivity contribution in [2.45, 2.75) is 0 Å². The Labute approximate surface area is 415 Å². The molecule has 0 radical (unpaired) electrons. The van der Waals surface area contributed by atoms with Gasteiger partial charge in [-0.15, -0.1) is 0 Å². The minimum atomic E-state index is 0. The monoisotopic (exact) mass is 871 g/mol. The summed E-state index contributed by atoms with van der Waals surface area (Å²) in [5.74, 6) is 0. The van der Waals surface area contributed by atoms with E-state index in [9.17, 15) is 0 Å². The molecule has 0 aromatic heterocycles. The van der Waals surface area contributed by atoms with Crippen LogP contribution in [0.15, 0.2) is 157 Å². The zero-order valence-corrected chi connectivity index (χ0v) is 42.4. The van der Waals surface area contributed by atoms with Gasteiger partial charge in [-0.3, -0.25) is 0 Å². The standard InChI is InChI=1S/2C25H30N3.2ClH.K.H2O/c2*1-26(2)22-13-7-19(8-14-22)25(20-9-15-23(16-10-20)27(3)4)21-11-17-24(18-12-21)28(5)6;;;;/h2*7-18H,1-6H3;2*1H;;1H2/q2*+1;;;+1;/p-2. The predicted molar refractivity (Wildman–Crippen MR) is 250 cm³/mol. The van der Waals surface area contributed by atoms with Crippen LogP contribution in [-0.4, -0.2) is 111 Å². The minimum Gasteiger partial charge on any atom is -1.00 e. The van der Waals surface area contributed by atoms with Gasteiger partial charge in [0.1, 0.15) is 28.2 Å². The van der Waals surface area contributed by atoms with Gasteiger partial charge in [-0.25, -0.2) is 9.15 Å². The van der Waals surface area contributed by atoms with Crippen molar-refractivity contribution in [1.29, 1.82) is 0 Å². The first-order valence-corrected chi connectivity index (χ1v) is 19.1. The van der Waals surface area contributed by atoms with E-state index in [1.165, 1.54) is 78.7 Å². The molecular formula is C50H62Cl2KN6O+. The van der Waals surface area contributed by atoms with Crippen molar-refractivity contribution in [3.63, 3.8) is 0 Å². The van der Waals surface area contributed by atoms with Gasteiger partial charge in [-0.2, -0.15) is 0 Å². The maximum absolute atomic E-state index is 2.21. The number of hydrogen-bond donors (Lipinski definition) is 0. The van der Waals surface area contributed by atoms with Crippen LogP contribution in [0.25, 0.3) is 11.1 Å². The van der Waals surface area contributed by atoms with E-state index in [-0.39, 0.29) is 81.7 Å². The molecule has 0 saturated heterocycles. The van der Waals surface area contributed by atoms with Gasteiger partial charge >= 0.3 is 51.4 Å². The molecule has 0 unspecified atom stereocenters. The topological polar surface area (TPSA) is 50.5 Å². The van der Waals surface area contributed by atoms with E-state index in [2.05, 4.69) is 259 Å². The van der Waals surface area contributed by atoms with Crippen molar-refractivity contribution < 1.29 is 90.8 Å². The van der Waals surface area contributed by atoms with E-state index in [1.807, 2.05) is 0 Å². The summed E-state index contributed by atoms with van der Waals surface area (Å²) >= 11 is 0. The van der Waals surface area contributed by atoms with E-state index >= 15 is 0 Å². The van der Waals surface area contributed by atoms with Crippen LogP contribution >= 0.6 is 0 Å².